The van der Waals surface area contributed by atoms with Gasteiger partial charge in [0.2, 0.25) is 5.91 Å². The van der Waals surface area contributed by atoms with Crippen LogP contribution < -0.4 is 5.73 Å². The van der Waals surface area contributed by atoms with E-state index in [1.807, 2.05) is 0 Å². The molecule has 1 aromatic rings. The van der Waals surface area contributed by atoms with Crippen molar-refractivity contribution < 1.29 is 14.0 Å². The molecule has 2 amide bonds. The highest BCUT2D eigenvalue weighted by Crippen LogP contribution is 2.44. The van der Waals surface area contributed by atoms with Crippen molar-refractivity contribution in [1.29, 1.82) is 0 Å². The lowest BCUT2D eigenvalue weighted by atomic mass is 9.75. The van der Waals surface area contributed by atoms with Gasteiger partial charge in [-0.3, -0.25) is 9.59 Å². The Morgan fingerprint density at radius 3 is 2.77 bits per heavy atom. The molecule has 1 saturated carbocycles. The summed E-state index contributed by atoms with van der Waals surface area (Å²) < 4.78 is 12.9. The number of amides is 2. The molecule has 0 aromatic carbocycles. The molecular weight excluding hydrogens is 285 g/mol. The lowest BCUT2D eigenvalue weighted by Gasteiger charge is -2.40. The van der Waals surface area contributed by atoms with Crippen LogP contribution in [0.4, 0.5) is 4.39 Å². The maximum Gasteiger partial charge on any atom is 0.272 e. The molecule has 5 nitrogen and oxygen atoms in total. The molecule has 2 N–H and O–H groups in total. The number of pyridine rings is 1. The van der Waals surface area contributed by atoms with E-state index in [4.69, 9.17) is 5.73 Å². The van der Waals surface area contributed by atoms with Crippen molar-refractivity contribution in [3.05, 3.63) is 29.8 Å². The molecule has 2 heterocycles. The van der Waals surface area contributed by atoms with Crippen LogP contribution >= 0.6 is 0 Å². The molecule has 1 aliphatic carbocycles. The number of primary amides is 1. The largest absolute Gasteiger partial charge is 0.369 e. The Balaban J connectivity index is 1.77. The number of hydrogen-bond donors (Lipinski definition) is 1. The Kier molecular flexibility index (Phi) is 3.85. The van der Waals surface area contributed by atoms with E-state index >= 15 is 0 Å². The third-order valence-electron chi connectivity index (χ3n) is 4.71. The van der Waals surface area contributed by atoms with Crippen molar-refractivity contribution in [1.82, 2.24) is 9.88 Å². The van der Waals surface area contributed by atoms with Gasteiger partial charge in [-0.05, 0) is 37.3 Å². The fourth-order valence-corrected chi connectivity index (χ4v) is 3.31. The monoisotopic (exact) mass is 305 g/mol. The van der Waals surface area contributed by atoms with E-state index in [0.29, 0.717) is 19.0 Å². The Bertz CT molecular complexity index is 586. The molecule has 0 spiro atoms. The fourth-order valence-electron chi connectivity index (χ4n) is 3.31. The van der Waals surface area contributed by atoms with E-state index in [9.17, 15) is 14.0 Å². The number of likely N-dealkylation sites (tertiary alicyclic amines) is 1. The number of piperidine rings is 1. The third kappa shape index (κ3) is 2.96. The summed E-state index contributed by atoms with van der Waals surface area (Å²) in [5.41, 5.74) is 5.24. The van der Waals surface area contributed by atoms with Crippen molar-refractivity contribution in [2.45, 2.75) is 32.1 Å². The summed E-state index contributed by atoms with van der Waals surface area (Å²) in [6.45, 7) is 0.925. The molecule has 6 heteroatoms. The van der Waals surface area contributed by atoms with Gasteiger partial charge >= 0.3 is 0 Å². The predicted molar refractivity (Wildman–Crippen MR) is 78.3 cm³/mol. The summed E-state index contributed by atoms with van der Waals surface area (Å²) in [6, 6.07) is 2.59. The van der Waals surface area contributed by atoms with Crippen molar-refractivity contribution in [2.75, 3.05) is 13.1 Å². The second-order valence-electron chi connectivity index (χ2n) is 6.48. The van der Waals surface area contributed by atoms with Crippen molar-refractivity contribution in [3.8, 4) is 0 Å². The minimum Gasteiger partial charge on any atom is -0.369 e. The van der Waals surface area contributed by atoms with E-state index in [1.54, 1.807) is 4.90 Å². The summed E-state index contributed by atoms with van der Waals surface area (Å²) in [6.07, 6.45) is 5.57. The van der Waals surface area contributed by atoms with E-state index in [0.717, 1.165) is 38.3 Å². The van der Waals surface area contributed by atoms with Gasteiger partial charge in [0, 0.05) is 13.1 Å². The van der Waals surface area contributed by atoms with Crippen LogP contribution in [0.15, 0.2) is 18.3 Å². The standard InChI is InChI=1S/C16H20FN3O2/c17-12-4-5-13(19-9-12)14(21)20-7-1-6-16(10-20,15(18)22)8-11-2-3-11/h4-5,9,11H,1-3,6-8,10H2,(H2,18,22). The van der Waals surface area contributed by atoms with Crippen molar-refractivity contribution in [3.63, 3.8) is 0 Å². The lowest BCUT2D eigenvalue weighted by molar-refractivity contribution is -0.131. The normalized spacial score (nSPS) is 25.0. The molecule has 1 aliphatic heterocycles. The van der Waals surface area contributed by atoms with Gasteiger partial charge < -0.3 is 10.6 Å². The number of aromatic nitrogens is 1. The summed E-state index contributed by atoms with van der Waals surface area (Å²) in [5.74, 6) is -0.494. The smallest absolute Gasteiger partial charge is 0.272 e. The SMILES string of the molecule is NC(=O)C1(CC2CC2)CCCN(C(=O)c2ccc(F)cn2)C1. The molecule has 1 atom stereocenters. The van der Waals surface area contributed by atoms with Crippen LogP contribution in [0.1, 0.15) is 42.6 Å². The lowest BCUT2D eigenvalue weighted by Crippen LogP contribution is -2.52. The molecule has 2 fully saturated rings. The van der Waals surface area contributed by atoms with Crippen molar-refractivity contribution >= 4 is 11.8 Å². The van der Waals surface area contributed by atoms with Gasteiger partial charge in [-0.1, -0.05) is 12.8 Å². The van der Waals surface area contributed by atoms with E-state index in [1.165, 1.54) is 12.1 Å². The number of hydrogen-bond acceptors (Lipinski definition) is 3. The van der Waals surface area contributed by atoms with Crippen LogP contribution in [0.2, 0.25) is 0 Å². The maximum absolute atomic E-state index is 12.9. The average Bonchev–Trinajstić information content (AvgIpc) is 3.31. The first-order valence-corrected chi connectivity index (χ1v) is 7.71. The first-order chi connectivity index (χ1) is 10.5. The zero-order chi connectivity index (χ0) is 15.7. The molecule has 0 radical (unpaired) electrons. The highest BCUT2D eigenvalue weighted by Gasteiger charge is 2.45. The fraction of sp³-hybridized carbons (Fsp3) is 0.562. The van der Waals surface area contributed by atoms with Crippen LogP contribution in [0.3, 0.4) is 0 Å². The molecule has 1 unspecified atom stereocenters. The zero-order valence-electron chi connectivity index (χ0n) is 12.4. The minimum atomic E-state index is -0.616. The predicted octanol–water partition coefficient (Wildman–Crippen LogP) is 1.73. The first kappa shape index (κ1) is 14.9. The Morgan fingerprint density at radius 2 is 2.18 bits per heavy atom. The van der Waals surface area contributed by atoms with Crippen LogP contribution in [-0.2, 0) is 4.79 Å². The Labute approximate surface area is 128 Å². The number of nitrogens with two attached hydrogens (primary N) is 1. The first-order valence-electron chi connectivity index (χ1n) is 7.71. The van der Waals surface area contributed by atoms with Crippen LogP contribution in [0, 0.1) is 17.2 Å². The molecule has 3 rings (SSSR count). The molecular formula is C16H20FN3O2. The van der Waals surface area contributed by atoms with E-state index in [-0.39, 0.29) is 17.5 Å². The number of rotatable bonds is 4. The summed E-state index contributed by atoms with van der Waals surface area (Å²) in [5, 5.41) is 0. The molecule has 0 bridgehead atoms. The maximum atomic E-state index is 12.9. The number of halogens is 1. The highest BCUT2D eigenvalue weighted by molar-refractivity contribution is 5.93. The topological polar surface area (TPSA) is 76.3 Å². The number of carbonyl (C=O) groups excluding carboxylic acids is 2. The minimum absolute atomic E-state index is 0.202. The van der Waals surface area contributed by atoms with Gasteiger partial charge in [0.1, 0.15) is 11.5 Å². The highest BCUT2D eigenvalue weighted by atomic mass is 19.1. The summed E-state index contributed by atoms with van der Waals surface area (Å²) in [7, 11) is 0. The zero-order valence-corrected chi connectivity index (χ0v) is 12.4. The molecule has 1 aromatic heterocycles. The van der Waals surface area contributed by atoms with E-state index < -0.39 is 11.2 Å². The van der Waals surface area contributed by atoms with Gasteiger partial charge in [0.25, 0.3) is 5.91 Å². The van der Waals surface area contributed by atoms with Crippen LogP contribution in [-0.4, -0.2) is 34.8 Å². The molecule has 22 heavy (non-hydrogen) atoms. The van der Waals surface area contributed by atoms with Crippen LogP contribution in [0.25, 0.3) is 0 Å². The van der Waals surface area contributed by atoms with Gasteiger partial charge in [-0.25, -0.2) is 9.37 Å². The second-order valence-corrected chi connectivity index (χ2v) is 6.48. The van der Waals surface area contributed by atoms with Gasteiger partial charge in [0.15, 0.2) is 0 Å². The third-order valence-corrected chi connectivity index (χ3v) is 4.71. The quantitative estimate of drug-likeness (QED) is 0.920. The van der Waals surface area contributed by atoms with Gasteiger partial charge in [0.05, 0.1) is 11.6 Å². The van der Waals surface area contributed by atoms with Gasteiger partial charge in [-0.2, -0.15) is 0 Å². The Morgan fingerprint density at radius 1 is 1.41 bits per heavy atom. The molecule has 2 aliphatic rings. The van der Waals surface area contributed by atoms with Crippen molar-refractivity contribution in [2.24, 2.45) is 17.1 Å². The van der Waals surface area contributed by atoms with Crippen LogP contribution in [0.5, 0.6) is 0 Å². The average molecular weight is 305 g/mol. The van der Waals surface area contributed by atoms with E-state index in [2.05, 4.69) is 4.98 Å². The number of carbonyl (C=O) groups is 2. The second kappa shape index (κ2) is 5.66. The van der Waals surface area contributed by atoms with Gasteiger partial charge in [-0.15, -0.1) is 0 Å². The summed E-state index contributed by atoms with van der Waals surface area (Å²) in [4.78, 5) is 30.0. The molecule has 118 valence electrons. The summed E-state index contributed by atoms with van der Waals surface area (Å²) >= 11 is 0. The number of nitrogens with zero attached hydrogens (tertiary/aromatic N) is 2. The Hall–Kier alpha value is -1.98. The molecule has 1 saturated heterocycles.